The Kier molecular flexibility index (Phi) is 14.5. The van der Waals surface area contributed by atoms with Gasteiger partial charge in [-0.3, -0.25) is 5.41 Å². The number of hydrogen-bond acceptors (Lipinski definition) is 5. The van der Waals surface area contributed by atoms with Gasteiger partial charge in [0.15, 0.2) is 0 Å². The van der Waals surface area contributed by atoms with Crippen LogP contribution in [0.4, 0.5) is 11.4 Å². The van der Waals surface area contributed by atoms with Crippen molar-refractivity contribution in [3.8, 4) is 72.4 Å². The molecular weight excluding hydrogens is 1140 g/mol. The van der Waals surface area contributed by atoms with Gasteiger partial charge < -0.3 is 13.9 Å². The predicted octanol–water partition coefficient (Wildman–Crippen LogP) is 23.7. The van der Waals surface area contributed by atoms with Crippen molar-refractivity contribution in [1.29, 1.82) is 5.41 Å². The fourth-order valence-electron chi connectivity index (χ4n) is 13.2. The molecule has 0 amide bonds. The molecule has 2 aromatic heterocycles. The summed E-state index contributed by atoms with van der Waals surface area (Å²) in [7, 11) is 0. The number of rotatable bonds is 11. The molecule has 0 aliphatic heterocycles. The van der Waals surface area contributed by atoms with Gasteiger partial charge in [0.25, 0.3) is 0 Å². The Morgan fingerprint density at radius 1 is 0.359 bits per heavy atom. The third-order valence-electron chi connectivity index (χ3n) is 18.4. The van der Waals surface area contributed by atoms with Crippen molar-refractivity contribution in [1.82, 2.24) is 4.57 Å². The molecule has 6 heteroatoms. The maximum absolute atomic E-state index is 9.92. The molecule has 1 aliphatic rings. The van der Waals surface area contributed by atoms with Crippen LogP contribution in [0, 0.1) is 5.41 Å². The quantitative estimate of drug-likeness (QED) is 0.100. The second-order valence-corrected chi connectivity index (χ2v) is 26.4. The Morgan fingerprint density at radius 3 is 1.22 bits per heavy atom. The van der Waals surface area contributed by atoms with Gasteiger partial charge in [0.2, 0.25) is 0 Å². The van der Waals surface area contributed by atoms with Crippen LogP contribution in [0.1, 0.15) is 58.2 Å². The Labute approximate surface area is 543 Å². The van der Waals surface area contributed by atoms with Crippen molar-refractivity contribution < 1.29 is 4.42 Å². The molecule has 0 saturated carbocycles. The van der Waals surface area contributed by atoms with Crippen LogP contribution in [-0.2, 0) is 10.8 Å². The van der Waals surface area contributed by atoms with Crippen LogP contribution >= 0.6 is 12.8 Å². The molecule has 5 nitrogen and oxygen atoms in total. The summed E-state index contributed by atoms with van der Waals surface area (Å²) in [4.78, 5) is 2.17. The number of para-hydroxylation sites is 1. The van der Waals surface area contributed by atoms with Crippen molar-refractivity contribution in [2.75, 3.05) is 4.90 Å². The molecule has 1 N–H and O–H groups in total. The highest BCUT2D eigenvalue weighted by molar-refractivity contribution is 7.79. The van der Waals surface area contributed by atoms with Gasteiger partial charge in [-0.1, -0.05) is 242 Å². The summed E-state index contributed by atoms with van der Waals surface area (Å²) < 4.78 is 13.3. The molecule has 15 rings (SSSR count). The highest BCUT2D eigenvalue weighted by Gasteiger charge is 2.28. The summed E-state index contributed by atoms with van der Waals surface area (Å²) >= 11 is 4.62. The van der Waals surface area contributed by atoms with Gasteiger partial charge in [0, 0.05) is 44.2 Å². The fraction of sp³-hybridized carbons (Fsp3) is 0.0930. The van der Waals surface area contributed by atoms with E-state index < -0.39 is 0 Å². The molecule has 12 aromatic carbocycles. The van der Waals surface area contributed by atoms with Crippen molar-refractivity contribution >= 4 is 84.9 Å². The second-order valence-electron chi connectivity index (χ2n) is 26.2. The zero-order valence-corrected chi connectivity index (χ0v) is 53.3. The normalized spacial score (nSPS) is 13.3. The minimum Gasteiger partial charge on any atom is -0.456 e. The van der Waals surface area contributed by atoms with Gasteiger partial charge in [-0.25, -0.2) is 4.40 Å². The number of nitrogens with one attached hydrogen (secondary N) is 1. The Bertz CT molecular complexity index is 5070. The molecule has 0 spiro atoms. The lowest BCUT2D eigenvalue weighted by Crippen LogP contribution is -2.30. The third kappa shape index (κ3) is 10.8. The van der Waals surface area contributed by atoms with E-state index in [1.54, 1.807) is 0 Å². The standard InChI is InChI=1S/C86H68N4OS/c1-85(2,3)68-37-24-58(25-38-68)56-16-20-61(21-17-56)65-35-49-78-76(52-65)77-53-66(62-22-18-57(19-23-62)59-26-39-69(40-27-59)86(4,5)6)36-50-79(77)90(78)72-45-32-64(33-46-72)73-48-51-80(84(88-92)83(73)87)89(70-41-28-60(29-42-70)55-12-8-7-9-13-55)71-43-30-63(31-44-71)67-34-47-75-74-14-10-11-15-81(74)91-82(75)54-67/h7-54,87,92H,1-6H3/b87-83?,88-84-. The Morgan fingerprint density at radius 2 is 0.739 bits per heavy atom. The Balaban J connectivity index is 0.779. The maximum Gasteiger partial charge on any atom is 0.136 e. The summed E-state index contributed by atoms with van der Waals surface area (Å²) in [5.74, 6) is 0. The largest absolute Gasteiger partial charge is 0.456 e. The maximum atomic E-state index is 9.92. The van der Waals surface area contributed by atoms with Gasteiger partial charge >= 0.3 is 0 Å². The van der Waals surface area contributed by atoms with Gasteiger partial charge in [0.05, 0.1) is 22.4 Å². The van der Waals surface area contributed by atoms with E-state index in [-0.39, 0.29) is 16.5 Å². The number of hydrogen-bond donors (Lipinski definition) is 2. The molecular formula is C86H68N4OS. The number of allylic oxidation sites excluding steroid dienone is 4. The topological polar surface area (TPSA) is 57.5 Å². The van der Waals surface area contributed by atoms with E-state index in [4.69, 9.17) is 4.42 Å². The van der Waals surface area contributed by atoms with Crippen molar-refractivity contribution in [3.05, 3.63) is 314 Å². The molecule has 0 unspecified atom stereocenters. The summed E-state index contributed by atoms with van der Waals surface area (Å²) in [6.45, 7) is 13.5. The van der Waals surface area contributed by atoms with E-state index in [0.29, 0.717) is 5.71 Å². The zero-order valence-electron chi connectivity index (χ0n) is 52.4. The number of furan rings is 1. The number of aromatic nitrogens is 1. The molecule has 92 heavy (non-hydrogen) atoms. The van der Waals surface area contributed by atoms with E-state index in [2.05, 4.69) is 329 Å². The first-order chi connectivity index (χ1) is 44.7. The first-order valence-corrected chi connectivity index (χ1v) is 31.9. The molecule has 0 bridgehead atoms. The third-order valence-corrected chi connectivity index (χ3v) is 18.6. The minimum absolute atomic E-state index is 0.0980. The SMILES string of the molecule is CC(C)(C)c1ccc(-c2ccc(-c3ccc4c(c3)c3cc(-c5ccc(-c6ccc(C(C)(C)C)cc6)cc5)ccc3n4-c3ccc(C4=CC=C(N(c5ccc(-c6ccccc6)cc5)c5ccc(-c6ccc7c(c6)oc6ccccc67)cc5)/C(=N/S)C4=N)cc3)cc2)cc1. The van der Waals surface area contributed by atoms with Crippen LogP contribution in [0.5, 0.6) is 0 Å². The second kappa shape index (κ2) is 23.2. The lowest BCUT2D eigenvalue weighted by Gasteiger charge is -2.31. The van der Waals surface area contributed by atoms with Crippen molar-refractivity contribution in [2.45, 2.75) is 52.4 Å². The van der Waals surface area contributed by atoms with Crippen LogP contribution in [0.25, 0.3) is 122 Å². The molecule has 2 heterocycles. The number of anilines is 2. The number of nitrogens with zero attached hydrogens (tertiary/aromatic N) is 3. The summed E-state index contributed by atoms with van der Waals surface area (Å²) in [6.07, 6.45) is 4.12. The lowest BCUT2D eigenvalue weighted by molar-refractivity contribution is 0.590. The van der Waals surface area contributed by atoms with Gasteiger partial charge in [-0.2, -0.15) is 0 Å². The summed E-state index contributed by atoms with van der Waals surface area (Å²) in [5, 5.41) is 14.5. The van der Waals surface area contributed by atoms with Crippen LogP contribution in [-0.4, -0.2) is 16.0 Å². The molecule has 1 aliphatic carbocycles. The number of thiol groups is 1. The zero-order chi connectivity index (χ0) is 62.8. The van der Waals surface area contributed by atoms with E-state index >= 15 is 0 Å². The van der Waals surface area contributed by atoms with Crippen LogP contribution in [0.3, 0.4) is 0 Å². The molecule has 0 radical (unpaired) electrons. The molecule has 0 atom stereocenters. The van der Waals surface area contributed by atoms with Crippen molar-refractivity contribution in [2.24, 2.45) is 4.40 Å². The Hall–Kier alpha value is -10.8. The molecule has 0 saturated heterocycles. The highest BCUT2D eigenvalue weighted by atomic mass is 32.1. The molecule has 444 valence electrons. The van der Waals surface area contributed by atoms with Crippen LogP contribution in [0.2, 0.25) is 0 Å². The fourth-order valence-corrected chi connectivity index (χ4v) is 13.4. The highest BCUT2D eigenvalue weighted by Crippen LogP contribution is 2.42. The van der Waals surface area contributed by atoms with Crippen LogP contribution in [0.15, 0.2) is 306 Å². The molecule has 14 aromatic rings. The van der Waals surface area contributed by atoms with Gasteiger partial charge in [-0.05, 0) is 198 Å². The molecule has 0 fully saturated rings. The van der Waals surface area contributed by atoms with E-state index in [1.165, 1.54) is 44.2 Å². The van der Waals surface area contributed by atoms with E-state index in [9.17, 15) is 5.41 Å². The first-order valence-electron chi connectivity index (χ1n) is 31.5. The smallest absolute Gasteiger partial charge is 0.136 e. The van der Waals surface area contributed by atoms with Crippen molar-refractivity contribution in [3.63, 3.8) is 0 Å². The van der Waals surface area contributed by atoms with Gasteiger partial charge in [-0.15, -0.1) is 0 Å². The minimum atomic E-state index is 0.0980. The van der Waals surface area contributed by atoms with E-state index in [1.807, 2.05) is 30.3 Å². The summed E-state index contributed by atoms with van der Waals surface area (Å²) in [6, 6.07) is 100. The average molecular weight is 1210 g/mol. The monoisotopic (exact) mass is 1200 g/mol. The number of benzene rings is 12. The predicted molar refractivity (Wildman–Crippen MR) is 393 cm³/mol. The van der Waals surface area contributed by atoms with Gasteiger partial charge in [0.1, 0.15) is 16.9 Å². The lowest BCUT2D eigenvalue weighted by atomic mass is 9.86. The summed E-state index contributed by atoms with van der Waals surface area (Å²) in [5.41, 5.74) is 26.6. The average Bonchev–Trinajstić information content (AvgIpc) is 1.59. The van der Waals surface area contributed by atoms with E-state index in [0.717, 1.165) is 111 Å². The first kappa shape index (κ1) is 57.6. The van der Waals surface area contributed by atoms with Crippen LogP contribution < -0.4 is 4.90 Å². The number of fused-ring (bicyclic) bond motifs is 6.